The fourth-order valence-electron chi connectivity index (χ4n) is 2.53. The third-order valence-corrected chi connectivity index (χ3v) is 3.34. The summed E-state index contributed by atoms with van der Waals surface area (Å²) in [5, 5.41) is 4.39. The minimum atomic E-state index is 0.175. The summed E-state index contributed by atoms with van der Waals surface area (Å²) >= 11 is 0. The Morgan fingerprint density at radius 3 is 2.89 bits per heavy atom. The van der Waals surface area contributed by atoms with E-state index >= 15 is 0 Å². The molecule has 7 nitrogen and oxygen atoms in total. The number of rotatable bonds is 3. The van der Waals surface area contributed by atoms with Crippen LogP contribution in [0, 0.1) is 6.92 Å². The van der Waals surface area contributed by atoms with Crippen molar-refractivity contribution in [3.63, 3.8) is 0 Å². The maximum atomic E-state index is 6.05. The second-order valence-corrected chi connectivity index (χ2v) is 4.83. The van der Waals surface area contributed by atoms with E-state index in [4.69, 9.17) is 5.73 Å². The molecule has 2 N–H and O–H groups in total. The first-order chi connectivity index (χ1) is 9.08. The van der Waals surface area contributed by atoms with Crippen LogP contribution in [-0.2, 0) is 13.6 Å². The van der Waals surface area contributed by atoms with Gasteiger partial charge in [0.15, 0.2) is 5.65 Å². The van der Waals surface area contributed by atoms with E-state index in [-0.39, 0.29) is 6.04 Å². The van der Waals surface area contributed by atoms with Gasteiger partial charge in [0.05, 0.1) is 18.1 Å². The lowest BCUT2D eigenvalue weighted by Crippen LogP contribution is -2.16. The minimum Gasteiger partial charge on any atom is -0.369 e. The first-order valence-corrected chi connectivity index (χ1v) is 6.20. The van der Waals surface area contributed by atoms with Crippen LogP contribution in [-0.4, -0.2) is 28.9 Å². The number of aromatic nitrogens is 6. The zero-order chi connectivity index (χ0) is 13.6. The lowest BCUT2D eigenvalue weighted by molar-refractivity contribution is 0.472. The van der Waals surface area contributed by atoms with Crippen LogP contribution in [0.5, 0.6) is 0 Å². The van der Waals surface area contributed by atoms with Gasteiger partial charge in [0.25, 0.3) is 0 Å². The van der Waals surface area contributed by atoms with Crippen LogP contribution < -0.4 is 5.73 Å². The van der Waals surface area contributed by atoms with Gasteiger partial charge in [-0.25, -0.2) is 9.97 Å². The van der Waals surface area contributed by atoms with Gasteiger partial charge in [-0.2, -0.15) is 5.10 Å². The topological polar surface area (TPSA) is 79.5 Å². The fourth-order valence-corrected chi connectivity index (χ4v) is 2.53. The summed E-state index contributed by atoms with van der Waals surface area (Å²) in [6.07, 6.45) is 5.51. The second kappa shape index (κ2) is 4.11. The summed E-state index contributed by atoms with van der Waals surface area (Å²) in [5.74, 6) is 0.527. The maximum absolute atomic E-state index is 6.05. The quantitative estimate of drug-likeness (QED) is 0.764. The molecule has 0 aliphatic rings. The molecule has 0 fully saturated rings. The molecular formula is C12H17N7. The molecule has 0 aliphatic heterocycles. The Balaban J connectivity index is 2.06. The van der Waals surface area contributed by atoms with Crippen LogP contribution in [0.3, 0.4) is 0 Å². The van der Waals surface area contributed by atoms with E-state index in [0.717, 1.165) is 23.4 Å². The van der Waals surface area contributed by atoms with Gasteiger partial charge >= 0.3 is 0 Å². The molecule has 3 aromatic heterocycles. The Kier molecular flexibility index (Phi) is 2.55. The highest BCUT2D eigenvalue weighted by Gasteiger charge is 2.19. The summed E-state index contributed by atoms with van der Waals surface area (Å²) in [7, 11) is 1.91. The first kappa shape index (κ1) is 11.8. The molecule has 3 aromatic rings. The molecule has 1 unspecified atom stereocenters. The second-order valence-electron chi connectivity index (χ2n) is 4.83. The van der Waals surface area contributed by atoms with Crippen LogP contribution in [0.25, 0.3) is 11.2 Å². The first-order valence-electron chi connectivity index (χ1n) is 6.20. The Hall–Kier alpha value is -2.31. The third kappa shape index (κ3) is 1.78. The lowest BCUT2D eigenvalue weighted by atomic mass is 10.3. The van der Waals surface area contributed by atoms with Crippen molar-refractivity contribution in [1.29, 1.82) is 0 Å². The molecular weight excluding hydrogens is 242 g/mol. The number of hydrogen-bond donors (Lipinski definition) is 1. The highest BCUT2D eigenvalue weighted by Crippen LogP contribution is 2.25. The van der Waals surface area contributed by atoms with Crippen molar-refractivity contribution in [2.75, 3.05) is 5.73 Å². The molecule has 0 aliphatic carbocycles. The van der Waals surface area contributed by atoms with Crippen molar-refractivity contribution in [2.45, 2.75) is 26.4 Å². The number of nitrogens with two attached hydrogens (primary N) is 1. The summed E-state index contributed by atoms with van der Waals surface area (Å²) in [6, 6.07) is 0.175. The van der Waals surface area contributed by atoms with Crippen molar-refractivity contribution in [1.82, 2.24) is 28.9 Å². The van der Waals surface area contributed by atoms with E-state index < -0.39 is 0 Å². The van der Waals surface area contributed by atoms with E-state index in [1.807, 2.05) is 34.0 Å². The Morgan fingerprint density at radius 1 is 1.42 bits per heavy atom. The average molecular weight is 259 g/mol. The van der Waals surface area contributed by atoms with Crippen LogP contribution in [0.4, 0.5) is 5.95 Å². The molecule has 19 heavy (non-hydrogen) atoms. The normalized spacial score (nSPS) is 13.2. The standard InChI is InChI=1S/C12H17N7/c1-8(6-18-5-4-14-7-18)19-11-10(15-12(19)13)9(2)16-17(11)3/h4-5,7-8H,6H2,1-3H3,(H2,13,15). The number of aryl methyl sites for hydroxylation is 2. The third-order valence-electron chi connectivity index (χ3n) is 3.34. The monoisotopic (exact) mass is 259 g/mol. The van der Waals surface area contributed by atoms with Gasteiger partial charge in [-0.15, -0.1) is 0 Å². The molecule has 0 saturated carbocycles. The molecule has 100 valence electrons. The van der Waals surface area contributed by atoms with E-state index in [2.05, 4.69) is 22.0 Å². The molecule has 0 aromatic carbocycles. The Labute approximate surface area is 110 Å². The van der Waals surface area contributed by atoms with Crippen LogP contribution in [0.15, 0.2) is 18.7 Å². The molecule has 0 saturated heterocycles. The van der Waals surface area contributed by atoms with Crippen LogP contribution in [0.2, 0.25) is 0 Å². The highest BCUT2D eigenvalue weighted by atomic mass is 15.4. The van der Waals surface area contributed by atoms with Crippen molar-refractivity contribution >= 4 is 17.1 Å². The smallest absolute Gasteiger partial charge is 0.202 e. The van der Waals surface area contributed by atoms with Crippen LogP contribution in [0.1, 0.15) is 18.7 Å². The molecule has 0 spiro atoms. The van der Waals surface area contributed by atoms with E-state index in [9.17, 15) is 0 Å². The van der Waals surface area contributed by atoms with Gasteiger partial charge in [0, 0.05) is 26.0 Å². The molecule has 3 rings (SSSR count). The SMILES string of the molecule is Cc1nn(C)c2c1nc(N)n2C(C)Cn1ccnc1. The zero-order valence-corrected chi connectivity index (χ0v) is 11.3. The number of hydrogen-bond acceptors (Lipinski definition) is 4. The average Bonchev–Trinajstić information content (AvgIpc) is 3.00. The Bertz CT molecular complexity index is 704. The highest BCUT2D eigenvalue weighted by molar-refractivity contribution is 5.77. The minimum absolute atomic E-state index is 0.175. The van der Waals surface area contributed by atoms with Gasteiger partial charge in [0.1, 0.15) is 5.52 Å². The number of anilines is 1. The van der Waals surface area contributed by atoms with Crippen molar-refractivity contribution in [3.05, 3.63) is 24.4 Å². The molecule has 1 atom stereocenters. The van der Waals surface area contributed by atoms with E-state index in [0.29, 0.717) is 5.95 Å². The maximum Gasteiger partial charge on any atom is 0.202 e. The predicted octanol–water partition coefficient (Wildman–Crippen LogP) is 1.12. The summed E-state index contributed by atoms with van der Waals surface area (Å²) in [4.78, 5) is 8.47. The fraction of sp³-hybridized carbons (Fsp3) is 0.417. The van der Waals surface area contributed by atoms with E-state index in [1.165, 1.54) is 0 Å². The predicted molar refractivity (Wildman–Crippen MR) is 72.6 cm³/mol. The number of fused-ring (bicyclic) bond motifs is 1. The van der Waals surface area contributed by atoms with Gasteiger partial charge in [-0.1, -0.05) is 0 Å². The van der Waals surface area contributed by atoms with Crippen LogP contribution >= 0.6 is 0 Å². The lowest BCUT2D eigenvalue weighted by Gasteiger charge is -2.16. The van der Waals surface area contributed by atoms with E-state index in [1.54, 1.807) is 12.5 Å². The summed E-state index contributed by atoms with van der Waals surface area (Å²) < 4.78 is 5.88. The number of nitrogen functional groups attached to an aromatic ring is 1. The summed E-state index contributed by atoms with van der Waals surface area (Å²) in [5.41, 5.74) is 8.79. The van der Waals surface area contributed by atoms with Crippen molar-refractivity contribution in [2.24, 2.45) is 7.05 Å². The molecule has 0 amide bonds. The molecule has 3 heterocycles. The number of imidazole rings is 2. The van der Waals surface area contributed by atoms with Crippen molar-refractivity contribution in [3.8, 4) is 0 Å². The number of nitrogens with zero attached hydrogens (tertiary/aromatic N) is 6. The zero-order valence-electron chi connectivity index (χ0n) is 11.3. The molecule has 7 heteroatoms. The largest absolute Gasteiger partial charge is 0.369 e. The molecule has 0 radical (unpaired) electrons. The van der Waals surface area contributed by atoms with Gasteiger partial charge in [-0.3, -0.25) is 9.25 Å². The molecule has 0 bridgehead atoms. The Morgan fingerprint density at radius 2 is 2.21 bits per heavy atom. The van der Waals surface area contributed by atoms with Gasteiger partial charge in [-0.05, 0) is 13.8 Å². The van der Waals surface area contributed by atoms with Gasteiger partial charge < -0.3 is 10.3 Å². The summed E-state index contributed by atoms with van der Waals surface area (Å²) in [6.45, 7) is 4.85. The van der Waals surface area contributed by atoms with Gasteiger partial charge in [0.2, 0.25) is 5.95 Å². The van der Waals surface area contributed by atoms with Crippen molar-refractivity contribution < 1.29 is 0 Å².